The molecule has 0 amide bonds. The van der Waals surface area contributed by atoms with E-state index in [0.29, 0.717) is 5.56 Å². The van der Waals surface area contributed by atoms with E-state index in [2.05, 4.69) is 24.8 Å². The summed E-state index contributed by atoms with van der Waals surface area (Å²) in [4.78, 5) is 30.0. The number of hydrogen-bond donors (Lipinski definition) is 5. The van der Waals surface area contributed by atoms with Crippen molar-refractivity contribution in [3.63, 3.8) is 0 Å². The third kappa shape index (κ3) is 4.61. The highest BCUT2D eigenvalue weighted by Crippen LogP contribution is 2.39. The van der Waals surface area contributed by atoms with E-state index in [-0.39, 0.29) is 23.5 Å². The molecule has 0 unspecified atom stereocenters. The molecule has 1 saturated heterocycles. The fourth-order valence-corrected chi connectivity index (χ4v) is 3.61. The minimum Gasteiger partial charge on any atom is -0.387 e. The van der Waals surface area contributed by atoms with Gasteiger partial charge in [-0.05, 0) is 17.7 Å². The Balaban J connectivity index is 1.53. The monoisotopic (exact) mass is 473 g/mol. The predicted molar refractivity (Wildman–Crippen MR) is 103 cm³/mol. The molecule has 4 rings (SSSR count). The molecular formula is C17H18F2N5O7P. The number of ether oxygens (including phenoxy) is 1. The van der Waals surface area contributed by atoms with Gasteiger partial charge in [-0.25, -0.2) is 28.3 Å². The predicted octanol–water partition coefficient (Wildman–Crippen LogP) is 0.445. The number of hydrogen-bond acceptors (Lipinski definition) is 9. The van der Waals surface area contributed by atoms with Gasteiger partial charge in [0.05, 0.1) is 12.9 Å². The van der Waals surface area contributed by atoms with Crippen LogP contribution in [0.15, 0.2) is 30.9 Å². The first-order valence-corrected chi connectivity index (χ1v) is 10.7. The Labute approximate surface area is 178 Å². The van der Waals surface area contributed by atoms with Crippen molar-refractivity contribution in [1.29, 1.82) is 0 Å². The van der Waals surface area contributed by atoms with Crippen LogP contribution in [0.1, 0.15) is 11.8 Å². The van der Waals surface area contributed by atoms with Gasteiger partial charge in [0.15, 0.2) is 34.8 Å². The van der Waals surface area contributed by atoms with Crippen LogP contribution in [0.5, 0.6) is 0 Å². The Hall–Kier alpha value is -2.58. The van der Waals surface area contributed by atoms with Gasteiger partial charge >= 0.3 is 7.82 Å². The molecule has 0 bridgehead atoms. The van der Waals surface area contributed by atoms with Gasteiger partial charge in [-0.15, -0.1) is 0 Å². The van der Waals surface area contributed by atoms with E-state index >= 15 is 0 Å². The van der Waals surface area contributed by atoms with Crippen molar-refractivity contribution in [2.75, 3.05) is 11.9 Å². The van der Waals surface area contributed by atoms with Crippen LogP contribution in [-0.4, -0.2) is 64.4 Å². The molecule has 172 valence electrons. The molecule has 0 saturated carbocycles. The molecule has 0 spiro atoms. The lowest BCUT2D eigenvalue weighted by Crippen LogP contribution is -2.33. The molecule has 0 aliphatic carbocycles. The van der Waals surface area contributed by atoms with Gasteiger partial charge in [0.2, 0.25) is 0 Å². The lowest BCUT2D eigenvalue weighted by molar-refractivity contribution is -0.0504. The van der Waals surface area contributed by atoms with E-state index in [4.69, 9.17) is 14.5 Å². The van der Waals surface area contributed by atoms with Crippen LogP contribution < -0.4 is 5.32 Å². The summed E-state index contributed by atoms with van der Waals surface area (Å²) in [6.07, 6.45) is -2.85. The Morgan fingerprint density at radius 1 is 1.16 bits per heavy atom. The summed E-state index contributed by atoms with van der Waals surface area (Å²) in [7, 11) is -4.79. The Morgan fingerprint density at radius 3 is 2.66 bits per heavy atom. The normalized spacial score (nSPS) is 23.7. The molecule has 3 aromatic rings. The summed E-state index contributed by atoms with van der Waals surface area (Å²) in [6.45, 7) is -0.541. The number of phosphoric acid groups is 1. The van der Waals surface area contributed by atoms with Crippen LogP contribution in [0.2, 0.25) is 0 Å². The van der Waals surface area contributed by atoms with Crippen molar-refractivity contribution in [1.82, 2.24) is 19.5 Å². The van der Waals surface area contributed by atoms with Crippen molar-refractivity contribution in [3.05, 3.63) is 48.1 Å². The first-order chi connectivity index (χ1) is 15.1. The second-order valence-electron chi connectivity index (χ2n) is 6.98. The molecule has 1 fully saturated rings. The molecule has 1 aliphatic heterocycles. The Kier molecular flexibility index (Phi) is 6.18. The average Bonchev–Trinajstić information content (AvgIpc) is 3.29. The van der Waals surface area contributed by atoms with Gasteiger partial charge in [-0.2, -0.15) is 0 Å². The number of fused-ring (bicyclic) bond motifs is 1. The fourth-order valence-electron chi connectivity index (χ4n) is 3.27. The largest absolute Gasteiger partial charge is 0.469 e. The number of aliphatic hydroxyl groups excluding tert-OH is 2. The van der Waals surface area contributed by atoms with Crippen molar-refractivity contribution >= 4 is 24.8 Å². The third-order valence-electron chi connectivity index (χ3n) is 4.82. The molecule has 4 atom stereocenters. The second-order valence-corrected chi connectivity index (χ2v) is 8.22. The molecule has 0 radical (unpaired) electrons. The van der Waals surface area contributed by atoms with Gasteiger partial charge in [0.1, 0.15) is 24.6 Å². The van der Waals surface area contributed by atoms with Gasteiger partial charge < -0.3 is 30.1 Å². The summed E-state index contributed by atoms with van der Waals surface area (Å²) < 4.78 is 48.6. The Bertz CT molecular complexity index is 1180. The summed E-state index contributed by atoms with van der Waals surface area (Å²) in [5.41, 5.74) is 0.955. The SMILES string of the molecule is O=P(O)(O)OC[C@H]1O[C@@H](n2cnc3c(NCc4ccc(F)c(F)c4)ncnc32)[C@H](O)[C@@H]1O. The molecule has 15 heteroatoms. The van der Waals surface area contributed by atoms with Crippen LogP contribution in [0, 0.1) is 11.6 Å². The molecule has 3 heterocycles. The number of rotatable bonds is 7. The lowest BCUT2D eigenvalue weighted by atomic mass is 10.1. The highest BCUT2D eigenvalue weighted by atomic mass is 31.2. The third-order valence-corrected chi connectivity index (χ3v) is 5.31. The molecule has 5 N–H and O–H groups in total. The van der Waals surface area contributed by atoms with Crippen LogP contribution in [0.3, 0.4) is 0 Å². The molecule has 1 aliphatic rings. The molecule has 1 aromatic carbocycles. The summed E-state index contributed by atoms with van der Waals surface area (Å²) >= 11 is 0. The zero-order chi connectivity index (χ0) is 23.0. The summed E-state index contributed by atoms with van der Waals surface area (Å²) in [5, 5.41) is 23.5. The maximum Gasteiger partial charge on any atom is 0.469 e. The number of benzene rings is 1. The van der Waals surface area contributed by atoms with E-state index < -0.39 is 50.6 Å². The number of nitrogens with one attached hydrogen (secondary N) is 1. The molecule has 2 aromatic heterocycles. The van der Waals surface area contributed by atoms with E-state index in [1.165, 1.54) is 23.3 Å². The standard InChI is InChI=1S/C17H18F2N5O7P/c18-9-2-1-8(3-10(9)19)4-20-15-12-16(22-6-21-15)24(7-23-12)17-14(26)13(25)11(31-17)5-30-32(27,28)29/h1-3,6-7,11,13-14,17,25-26H,4-5H2,(H,20,21,22)(H2,27,28,29)/t11-,13-,14-,17-/m1/s1. The zero-order valence-electron chi connectivity index (χ0n) is 16.1. The van der Waals surface area contributed by atoms with Crippen LogP contribution >= 0.6 is 7.82 Å². The minimum atomic E-state index is -4.79. The van der Waals surface area contributed by atoms with Crippen LogP contribution in [0.25, 0.3) is 11.2 Å². The van der Waals surface area contributed by atoms with E-state index in [1.807, 2.05) is 0 Å². The van der Waals surface area contributed by atoms with Gasteiger partial charge in [0, 0.05) is 6.54 Å². The smallest absolute Gasteiger partial charge is 0.387 e. The number of phosphoric ester groups is 1. The number of aromatic nitrogens is 4. The van der Waals surface area contributed by atoms with Crippen LogP contribution in [-0.2, 0) is 20.4 Å². The fraction of sp³-hybridized carbons (Fsp3) is 0.353. The van der Waals surface area contributed by atoms with E-state index in [0.717, 1.165) is 12.1 Å². The quantitative estimate of drug-likeness (QED) is 0.302. The van der Waals surface area contributed by atoms with Crippen molar-refractivity contribution in [2.24, 2.45) is 0 Å². The highest BCUT2D eigenvalue weighted by Gasteiger charge is 2.45. The first-order valence-electron chi connectivity index (χ1n) is 9.21. The maximum absolute atomic E-state index is 13.4. The average molecular weight is 473 g/mol. The minimum absolute atomic E-state index is 0.110. The number of imidazole rings is 1. The number of nitrogens with zero attached hydrogens (tertiary/aromatic N) is 4. The Morgan fingerprint density at radius 2 is 1.94 bits per heavy atom. The number of anilines is 1. The van der Waals surface area contributed by atoms with Gasteiger partial charge in [-0.3, -0.25) is 9.09 Å². The van der Waals surface area contributed by atoms with Crippen molar-refractivity contribution in [2.45, 2.75) is 31.1 Å². The topological polar surface area (TPSA) is 172 Å². The molecule has 32 heavy (non-hydrogen) atoms. The summed E-state index contributed by atoms with van der Waals surface area (Å²) in [5.74, 6) is -1.67. The molecular weight excluding hydrogens is 455 g/mol. The summed E-state index contributed by atoms with van der Waals surface area (Å²) in [6, 6.07) is 3.46. The van der Waals surface area contributed by atoms with Crippen molar-refractivity contribution < 1.29 is 42.6 Å². The van der Waals surface area contributed by atoms with Crippen molar-refractivity contribution in [3.8, 4) is 0 Å². The first kappa shape index (κ1) is 22.6. The maximum atomic E-state index is 13.4. The number of aliphatic hydroxyl groups is 2. The zero-order valence-corrected chi connectivity index (χ0v) is 17.0. The molecule has 12 nitrogen and oxygen atoms in total. The second kappa shape index (κ2) is 8.75. The van der Waals surface area contributed by atoms with Crippen LogP contribution in [0.4, 0.5) is 14.6 Å². The van der Waals surface area contributed by atoms with Gasteiger partial charge in [0.25, 0.3) is 0 Å². The van der Waals surface area contributed by atoms with E-state index in [1.54, 1.807) is 0 Å². The van der Waals surface area contributed by atoms with Gasteiger partial charge in [-0.1, -0.05) is 6.07 Å². The highest BCUT2D eigenvalue weighted by molar-refractivity contribution is 7.46. The van der Waals surface area contributed by atoms with E-state index in [9.17, 15) is 23.6 Å². The number of halogens is 2. The lowest BCUT2D eigenvalue weighted by Gasteiger charge is -2.16.